The molecule has 0 N–H and O–H groups in total. The van der Waals surface area contributed by atoms with E-state index in [-0.39, 0.29) is 5.41 Å². The Labute approximate surface area is 340 Å². The second kappa shape index (κ2) is 13.4. The fraction of sp³-hybridized carbons (Fsp3) is 0.0545. The lowest BCUT2D eigenvalue weighted by Gasteiger charge is -2.40. The van der Waals surface area contributed by atoms with E-state index in [9.17, 15) is 0 Å². The zero-order chi connectivity index (χ0) is 38.8. The number of hydrogen-bond donors (Lipinski definition) is 0. The van der Waals surface area contributed by atoms with Gasteiger partial charge in [0.15, 0.2) is 0 Å². The van der Waals surface area contributed by atoms with Crippen molar-refractivity contribution >= 4 is 62.0 Å². The van der Waals surface area contributed by atoms with Crippen LogP contribution in [-0.2, 0) is 5.41 Å². The van der Waals surface area contributed by atoms with Crippen LogP contribution in [0.4, 0.5) is 51.2 Å². The van der Waals surface area contributed by atoms with Crippen molar-refractivity contribution in [2.45, 2.75) is 19.3 Å². The van der Waals surface area contributed by atoms with Gasteiger partial charge in [0, 0.05) is 33.6 Å². The monoisotopic (exact) mass is 743 g/mol. The Morgan fingerprint density at radius 3 is 1.57 bits per heavy atom. The van der Waals surface area contributed by atoms with E-state index in [0.29, 0.717) is 0 Å². The SMILES string of the molecule is CC1(C)c2ccccc2-c2ccc(N(c3ccc(-c4ccccc4)cc3)c3ccc(N4c5ccccc5N(c5cccc6ccccc56)c5ccccc54)cc3)cc21. The summed E-state index contributed by atoms with van der Waals surface area (Å²) < 4.78 is 0. The summed E-state index contributed by atoms with van der Waals surface area (Å²) in [7, 11) is 0. The quantitative estimate of drug-likeness (QED) is 0.168. The number of benzene rings is 9. The first-order valence-electron chi connectivity index (χ1n) is 20.1. The molecule has 11 rings (SSSR count). The van der Waals surface area contributed by atoms with Gasteiger partial charge in [-0.1, -0.05) is 147 Å². The molecule has 1 heterocycles. The van der Waals surface area contributed by atoms with Crippen molar-refractivity contribution < 1.29 is 0 Å². The van der Waals surface area contributed by atoms with E-state index in [0.717, 1.165) is 45.5 Å². The van der Waals surface area contributed by atoms with Gasteiger partial charge < -0.3 is 14.7 Å². The van der Waals surface area contributed by atoms with E-state index in [2.05, 4.69) is 241 Å². The van der Waals surface area contributed by atoms with Gasteiger partial charge in [0.1, 0.15) is 0 Å². The van der Waals surface area contributed by atoms with Crippen molar-refractivity contribution in [3.8, 4) is 22.3 Å². The van der Waals surface area contributed by atoms with Crippen LogP contribution in [0.3, 0.4) is 0 Å². The van der Waals surface area contributed by atoms with E-state index in [1.807, 2.05) is 0 Å². The lowest BCUT2D eigenvalue weighted by Crippen LogP contribution is -2.24. The van der Waals surface area contributed by atoms with Gasteiger partial charge >= 0.3 is 0 Å². The van der Waals surface area contributed by atoms with E-state index >= 15 is 0 Å². The summed E-state index contributed by atoms with van der Waals surface area (Å²) in [4.78, 5) is 7.23. The summed E-state index contributed by atoms with van der Waals surface area (Å²) >= 11 is 0. The first kappa shape index (κ1) is 33.9. The zero-order valence-electron chi connectivity index (χ0n) is 32.5. The molecule has 0 spiro atoms. The largest absolute Gasteiger partial charge is 0.310 e. The topological polar surface area (TPSA) is 9.72 Å². The maximum absolute atomic E-state index is 2.42. The normalized spacial score (nSPS) is 13.4. The first-order chi connectivity index (χ1) is 28.5. The molecule has 0 saturated heterocycles. The lowest BCUT2D eigenvalue weighted by atomic mass is 9.82. The minimum atomic E-state index is -0.108. The smallest absolute Gasteiger partial charge is 0.0703 e. The maximum atomic E-state index is 2.42. The molecule has 0 amide bonds. The average molecular weight is 744 g/mol. The van der Waals surface area contributed by atoms with Gasteiger partial charge in [0.2, 0.25) is 0 Å². The van der Waals surface area contributed by atoms with E-state index in [4.69, 9.17) is 0 Å². The van der Waals surface area contributed by atoms with Gasteiger partial charge in [0.05, 0.1) is 28.4 Å². The van der Waals surface area contributed by atoms with Gasteiger partial charge in [0.25, 0.3) is 0 Å². The Kier molecular flexibility index (Phi) is 7.84. The third kappa shape index (κ3) is 5.35. The second-order valence-electron chi connectivity index (χ2n) is 15.8. The highest BCUT2D eigenvalue weighted by Gasteiger charge is 2.36. The molecule has 0 aromatic heterocycles. The average Bonchev–Trinajstić information content (AvgIpc) is 3.51. The number of anilines is 9. The molecule has 276 valence electrons. The van der Waals surface area contributed by atoms with Crippen LogP contribution < -0.4 is 14.7 Å². The second-order valence-corrected chi connectivity index (χ2v) is 15.8. The van der Waals surface area contributed by atoms with Crippen LogP contribution in [0.15, 0.2) is 212 Å². The fourth-order valence-electron chi connectivity index (χ4n) is 9.35. The molecule has 58 heavy (non-hydrogen) atoms. The number of hydrogen-bond acceptors (Lipinski definition) is 3. The molecular weight excluding hydrogens is 703 g/mol. The predicted octanol–water partition coefficient (Wildman–Crippen LogP) is 15.5. The number of nitrogens with zero attached hydrogens (tertiary/aromatic N) is 3. The molecular formula is C55H41N3. The highest BCUT2D eigenvalue weighted by atomic mass is 15.3. The van der Waals surface area contributed by atoms with E-state index in [1.54, 1.807) is 0 Å². The van der Waals surface area contributed by atoms with Crippen LogP contribution >= 0.6 is 0 Å². The standard InChI is InChI=1S/C55H41N3/c1-55(2)48-21-9-8-20-46(48)47-36-35-44(37-49(47)55)56(41-29-27-39(28-30-41)38-15-4-3-5-16-38)42-31-33-43(34-32-42)57-51-22-10-12-24-53(51)58(54-25-13-11-23-52(54)57)50-26-14-18-40-17-6-7-19-45(40)50/h3-37H,1-2H3. The molecule has 9 aromatic rings. The summed E-state index contributed by atoms with van der Waals surface area (Å²) in [6.45, 7) is 4.70. The molecule has 0 bridgehead atoms. The van der Waals surface area contributed by atoms with Crippen molar-refractivity contribution in [1.82, 2.24) is 0 Å². The Balaban J connectivity index is 1.03. The summed E-state index contributed by atoms with van der Waals surface area (Å²) in [5, 5.41) is 2.45. The molecule has 9 aromatic carbocycles. The summed E-state index contributed by atoms with van der Waals surface area (Å²) in [6, 6.07) is 77.3. The third-order valence-electron chi connectivity index (χ3n) is 12.2. The molecule has 0 saturated carbocycles. The lowest BCUT2D eigenvalue weighted by molar-refractivity contribution is 0.660. The first-order valence-corrected chi connectivity index (χ1v) is 20.1. The molecule has 0 fully saturated rings. The summed E-state index contributed by atoms with van der Waals surface area (Å²) in [5.74, 6) is 0. The zero-order valence-corrected chi connectivity index (χ0v) is 32.5. The van der Waals surface area contributed by atoms with Crippen LogP contribution in [0, 0.1) is 0 Å². The number of para-hydroxylation sites is 4. The van der Waals surface area contributed by atoms with Crippen LogP contribution in [0.1, 0.15) is 25.0 Å². The van der Waals surface area contributed by atoms with Crippen LogP contribution in [0.2, 0.25) is 0 Å². The van der Waals surface area contributed by atoms with E-state index < -0.39 is 0 Å². The molecule has 3 nitrogen and oxygen atoms in total. The van der Waals surface area contributed by atoms with E-state index in [1.165, 1.54) is 49.8 Å². The Morgan fingerprint density at radius 2 is 0.862 bits per heavy atom. The van der Waals surface area contributed by atoms with Crippen molar-refractivity contribution in [1.29, 1.82) is 0 Å². The maximum Gasteiger partial charge on any atom is 0.0703 e. The van der Waals surface area contributed by atoms with Crippen molar-refractivity contribution in [2.24, 2.45) is 0 Å². The van der Waals surface area contributed by atoms with Gasteiger partial charge in [-0.05, 0) is 118 Å². The van der Waals surface area contributed by atoms with Gasteiger partial charge in [-0.3, -0.25) is 0 Å². The van der Waals surface area contributed by atoms with Crippen molar-refractivity contribution in [3.05, 3.63) is 223 Å². The molecule has 0 radical (unpaired) electrons. The fourth-order valence-corrected chi connectivity index (χ4v) is 9.35. The summed E-state index contributed by atoms with van der Waals surface area (Å²) in [6.07, 6.45) is 0. The van der Waals surface area contributed by atoms with Gasteiger partial charge in [-0.2, -0.15) is 0 Å². The van der Waals surface area contributed by atoms with Gasteiger partial charge in [-0.25, -0.2) is 0 Å². The molecule has 3 heteroatoms. The molecule has 2 aliphatic rings. The number of fused-ring (bicyclic) bond motifs is 6. The Morgan fingerprint density at radius 1 is 0.362 bits per heavy atom. The number of rotatable bonds is 6. The highest BCUT2D eigenvalue weighted by molar-refractivity contribution is 6.07. The van der Waals surface area contributed by atoms with Gasteiger partial charge in [-0.15, -0.1) is 0 Å². The van der Waals surface area contributed by atoms with Crippen molar-refractivity contribution in [2.75, 3.05) is 14.7 Å². The van der Waals surface area contributed by atoms with Crippen molar-refractivity contribution in [3.63, 3.8) is 0 Å². The van der Waals surface area contributed by atoms with Crippen LogP contribution in [0.5, 0.6) is 0 Å². The highest BCUT2D eigenvalue weighted by Crippen LogP contribution is 2.55. The predicted molar refractivity (Wildman–Crippen MR) is 245 cm³/mol. The summed E-state index contributed by atoms with van der Waals surface area (Å²) in [5.41, 5.74) is 17.9. The molecule has 0 unspecified atom stereocenters. The Hall–Kier alpha value is -7.36. The minimum absolute atomic E-state index is 0.108. The molecule has 1 aliphatic heterocycles. The molecule has 1 aliphatic carbocycles. The minimum Gasteiger partial charge on any atom is -0.310 e. The van der Waals surface area contributed by atoms with Crippen LogP contribution in [-0.4, -0.2) is 0 Å². The molecule has 0 atom stereocenters. The Bertz CT molecular complexity index is 2930. The van der Waals surface area contributed by atoms with Crippen LogP contribution in [0.25, 0.3) is 33.0 Å². The third-order valence-corrected chi connectivity index (χ3v) is 12.2.